The topological polar surface area (TPSA) is 12.5 Å². The maximum absolute atomic E-state index is 5.32. The summed E-state index contributed by atoms with van der Waals surface area (Å²) in [4.78, 5) is 5.32. The van der Waals surface area contributed by atoms with Crippen molar-refractivity contribution in [2.45, 2.75) is 12.8 Å². The lowest BCUT2D eigenvalue weighted by molar-refractivity contribution is -0.109. The Morgan fingerprint density at radius 2 is 2.50 bits per heavy atom. The van der Waals surface area contributed by atoms with E-state index >= 15 is 0 Å². The minimum atomic E-state index is 0.930. The molecule has 10 heavy (non-hydrogen) atoms. The lowest BCUT2D eigenvalue weighted by atomic mass is 10.4. The van der Waals surface area contributed by atoms with Gasteiger partial charge in [-0.05, 0) is 24.9 Å². The Balaban J connectivity index is 1.91. The molecule has 0 saturated carbocycles. The Bertz CT molecular complexity index is 83.7. The summed E-state index contributed by atoms with van der Waals surface area (Å²) in [6.45, 7) is 3.18. The lowest BCUT2D eigenvalue weighted by Gasteiger charge is -2.11. The van der Waals surface area contributed by atoms with Gasteiger partial charge in [0.1, 0.15) is 0 Å². The van der Waals surface area contributed by atoms with Gasteiger partial charge in [0.05, 0.1) is 6.61 Å². The van der Waals surface area contributed by atoms with E-state index < -0.39 is 0 Å². The Hall–Kier alpha value is 0.270. The average Bonchev–Trinajstić information content (AvgIpc) is 2.41. The smallest absolute Gasteiger partial charge is 0.0698 e. The SMILES string of the molecule is CSCCCN1CCCO1. The maximum Gasteiger partial charge on any atom is 0.0698 e. The van der Waals surface area contributed by atoms with Crippen molar-refractivity contribution in [1.29, 1.82) is 0 Å². The first kappa shape index (κ1) is 8.37. The molecule has 3 heteroatoms. The Labute approximate surface area is 66.9 Å². The van der Waals surface area contributed by atoms with Crippen LogP contribution in [0, 0.1) is 0 Å². The highest BCUT2D eigenvalue weighted by atomic mass is 32.2. The highest BCUT2D eigenvalue weighted by molar-refractivity contribution is 7.98. The van der Waals surface area contributed by atoms with Crippen LogP contribution in [0.15, 0.2) is 0 Å². The van der Waals surface area contributed by atoms with E-state index in [0.29, 0.717) is 0 Å². The summed E-state index contributed by atoms with van der Waals surface area (Å²) >= 11 is 1.90. The molecule has 0 aromatic rings. The molecule has 1 saturated heterocycles. The summed E-state index contributed by atoms with van der Waals surface area (Å²) in [5, 5.41) is 2.08. The van der Waals surface area contributed by atoms with E-state index in [1.54, 1.807) is 0 Å². The molecular formula is C7H15NOS. The highest BCUT2D eigenvalue weighted by Gasteiger charge is 2.10. The van der Waals surface area contributed by atoms with Gasteiger partial charge in [-0.25, -0.2) is 0 Å². The van der Waals surface area contributed by atoms with Crippen LogP contribution in [-0.4, -0.2) is 36.8 Å². The second-order valence-corrected chi connectivity index (χ2v) is 3.45. The van der Waals surface area contributed by atoms with Gasteiger partial charge in [-0.15, -0.1) is 0 Å². The highest BCUT2D eigenvalue weighted by Crippen LogP contribution is 2.05. The third-order valence-corrected chi connectivity index (χ3v) is 2.28. The van der Waals surface area contributed by atoms with E-state index in [1.807, 2.05) is 11.8 Å². The van der Waals surface area contributed by atoms with Gasteiger partial charge in [-0.3, -0.25) is 4.84 Å². The van der Waals surface area contributed by atoms with Crippen LogP contribution in [0.4, 0.5) is 0 Å². The third kappa shape index (κ3) is 2.90. The van der Waals surface area contributed by atoms with Crippen molar-refractivity contribution in [1.82, 2.24) is 5.06 Å². The van der Waals surface area contributed by atoms with E-state index in [-0.39, 0.29) is 0 Å². The van der Waals surface area contributed by atoms with E-state index in [2.05, 4.69) is 11.3 Å². The van der Waals surface area contributed by atoms with Gasteiger partial charge < -0.3 is 0 Å². The zero-order valence-corrected chi connectivity index (χ0v) is 7.32. The molecule has 0 amide bonds. The minimum absolute atomic E-state index is 0.930. The lowest BCUT2D eigenvalue weighted by Crippen LogP contribution is -2.19. The van der Waals surface area contributed by atoms with Crippen LogP contribution in [-0.2, 0) is 4.84 Å². The number of nitrogens with zero attached hydrogens (tertiary/aromatic N) is 1. The molecule has 0 aliphatic carbocycles. The van der Waals surface area contributed by atoms with Crippen LogP contribution in [0.5, 0.6) is 0 Å². The van der Waals surface area contributed by atoms with Crippen LogP contribution in [0.3, 0.4) is 0 Å². The van der Waals surface area contributed by atoms with Gasteiger partial charge >= 0.3 is 0 Å². The van der Waals surface area contributed by atoms with Crippen molar-refractivity contribution in [3.05, 3.63) is 0 Å². The number of hydrogen-bond donors (Lipinski definition) is 0. The van der Waals surface area contributed by atoms with Crippen LogP contribution in [0.2, 0.25) is 0 Å². The molecule has 0 N–H and O–H groups in total. The monoisotopic (exact) mass is 161 g/mol. The van der Waals surface area contributed by atoms with Crippen molar-refractivity contribution in [2.24, 2.45) is 0 Å². The summed E-state index contributed by atoms with van der Waals surface area (Å²) in [6.07, 6.45) is 4.60. The number of hydrogen-bond acceptors (Lipinski definition) is 3. The molecule has 0 radical (unpaired) electrons. The van der Waals surface area contributed by atoms with Crippen LogP contribution in [0.25, 0.3) is 0 Å². The summed E-state index contributed by atoms with van der Waals surface area (Å²) in [6, 6.07) is 0. The standard InChI is InChI=1S/C7H15NOS/c1-10-7-3-5-8-4-2-6-9-8/h2-7H2,1H3. The Kier molecular flexibility index (Phi) is 4.18. The molecular weight excluding hydrogens is 146 g/mol. The maximum atomic E-state index is 5.32. The zero-order valence-electron chi connectivity index (χ0n) is 6.51. The first-order valence-corrected chi connectivity index (χ1v) is 5.19. The second-order valence-electron chi connectivity index (χ2n) is 2.46. The van der Waals surface area contributed by atoms with Gasteiger partial charge in [0.2, 0.25) is 0 Å². The molecule has 1 rings (SSSR count). The Morgan fingerprint density at radius 3 is 3.10 bits per heavy atom. The molecule has 1 aliphatic heterocycles. The van der Waals surface area contributed by atoms with Crippen molar-refractivity contribution in [2.75, 3.05) is 31.7 Å². The summed E-state index contributed by atoms with van der Waals surface area (Å²) in [5.74, 6) is 1.25. The summed E-state index contributed by atoms with van der Waals surface area (Å²) < 4.78 is 0. The fourth-order valence-corrected chi connectivity index (χ4v) is 1.48. The second kappa shape index (κ2) is 4.99. The number of thioether (sulfide) groups is 1. The molecule has 0 atom stereocenters. The number of rotatable bonds is 4. The van der Waals surface area contributed by atoms with Gasteiger partial charge in [0.15, 0.2) is 0 Å². The predicted octanol–water partition coefficient (Wildman–Crippen LogP) is 1.38. The molecule has 60 valence electrons. The number of hydroxylamine groups is 2. The van der Waals surface area contributed by atoms with Crippen molar-refractivity contribution >= 4 is 11.8 Å². The fraction of sp³-hybridized carbons (Fsp3) is 1.00. The molecule has 1 aliphatic rings. The van der Waals surface area contributed by atoms with Crippen LogP contribution >= 0.6 is 11.8 Å². The zero-order chi connectivity index (χ0) is 7.23. The van der Waals surface area contributed by atoms with Crippen molar-refractivity contribution in [3.8, 4) is 0 Å². The van der Waals surface area contributed by atoms with Gasteiger partial charge in [-0.2, -0.15) is 16.8 Å². The first-order valence-electron chi connectivity index (χ1n) is 3.80. The van der Waals surface area contributed by atoms with E-state index in [9.17, 15) is 0 Å². The van der Waals surface area contributed by atoms with Gasteiger partial charge in [-0.1, -0.05) is 0 Å². The fourth-order valence-electron chi connectivity index (χ4n) is 1.06. The van der Waals surface area contributed by atoms with Crippen molar-refractivity contribution < 1.29 is 4.84 Å². The molecule has 0 spiro atoms. The molecule has 2 nitrogen and oxygen atoms in total. The molecule has 0 unspecified atom stereocenters. The average molecular weight is 161 g/mol. The normalized spacial score (nSPS) is 20.1. The van der Waals surface area contributed by atoms with Gasteiger partial charge in [0.25, 0.3) is 0 Å². The van der Waals surface area contributed by atoms with E-state index in [1.165, 1.54) is 18.6 Å². The minimum Gasteiger partial charge on any atom is -0.299 e. The van der Waals surface area contributed by atoms with E-state index in [4.69, 9.17) is 4.84 Å². The van der Waals surface area contributed by atoms with E-state index in [0.717, 1.165) is 19.7 Å². The van der Waals surface area contributed by atoms with Crippen molar-refractivity contribution in [3.63, 3.8) is 0 Å². The summed E-state index contributed by atoms with van der Waals surface area (Å²) in [7, 11) is 0. The van der Waals surface area contributed by atoms with Crippen LogP contribution < -0.4 is 0 Å². The molecule has 0 aromatic carbocycles. The van der Waals surface area contributed by atoms with Crippen LogP contribution in [0.1, 0.15) is 12.8 Å². The largest absolute Gasteiger partial charge is 0.299 e. The molecule has 1 heterocycles. The Morgan fingerprint density at radius 1 is 1.60 bits per heavy atom. The first-order chi connectivity index (χ1) is 4.93. The summed E-state index contributed by atoms with van der Waals surface area (Å²) in [5.41, 5.74) is 0. The third-order valence-electron chi connectivity index (χ3n) is 1.58. The quantitative estimate of drug-likeness (QED) is 0.578. The van der Waals surface area contributed by atoms with Gasteiger partial charge in [0, 0.05) is 13.1 Å². The molecule has 0 bridgehead atoms. The molecule has 0 aromatic heterocycles. The predicted molar refractivity (Wildman–Crippen MR) is 45.1 cm³/mol. The molecule has 1 fully saturated rings.